The van der Waals surface area contributed by atoms with Crippen molar-refractivity contribution in [1.82, 2.24) is 10.3 Å². The minimum absolute atomic E-state index is 0.0319. The lowest BCUT2D eigenvalue weighted by atomic mass is 9.88. The van der Waals surface area contributed by atoms with Crippen molar-refractivity contribution in [3.63, 3.8) is 0 Å². The molecule has 2 bridgehead atoms. The molecule has 3 heterocycles. The molecule has 2 aromatic rings. The highest BCUT2D eigenvalue weighted by molar-refractivity contribution is 6.30. The number of benzene rings is 1. The van der Waals surface area contributed by atoms with Gasteiger partial charge in [0.2, 0.25) is 11.8 Å². The van der Waals surface area contributed by atoms with E-state index in [4.69, 9.17) is 20.8 Å². The number of nitrogens with zero attached hydrogens (tertiary/aromatic N) is 1. The van der Waals surface area contributed by atoms with Crippen LogP contribution in [-0.4, -0.2) is 23.1 Å². The number of halogens is 1. The summed E-state index contributed by atoms with van der Waals surface area (Å²) in [7, 11) is 0. The third-order valence-corrected chi connectivity index (χ3v) is 5.06. The number of rotatable bonds is 4. The fraction of sp³-hybridized carbons (Fsp3) is 0.444. The molecule has 2 saturated heterocycles. The molecular formula is C18H19ClN2O3. The fourth-order valence-electron chi connectivity index (χ4n) is 3.60. The Balaban J connectivity index is 1.41. The molecule has 0 radical (unpaired) electrons. The molecule has 2 aliphatic rings. The maximum atomic E-state index is 12.3. The zero-order valence-electron chi connectivity index (χ0n) is 13.4. The second kappa shape index (κ2) is 6.22. The number of aromatic nitrogens is 1. The number of carbonyl (C=O) groups is 1. The molecule has 0 unspecified atom stereocenters. The fourth-order valence-corrected chi connectivity index (χ4v) is 3.73. The van der Waals surface area contributed by atoms with Gasteiger partial charge in [-0.25, -0.2) is 4.98 Å². The van der Waals surface area contributed by atoms with E-state index in [0.717, 1.165) is 30.5 Å². The van der Waals surface area contributed by atoms with Crippen LogP contribution < -0.4 is 5.32 Å². The highest BCUT2D eigenvalue weighted by Gasteiger charge is 2.44. The van der Waals surface area contributed by atoms with Crippen LogP contribution in [0, 0.1) is 12.8 Å². The smallest absolute Gasteiger partial charge is 0.226 e. The van der Waals surface area contributed by atoms with Gasteiger partial charge < -0.3 is 14.5 Å². The molecular weight excluding hydrogens is 328 g/mol. The maximum absolute atomic E-state index is 12.3. The average molecular weight is 347 g/mol. The largest absolute Gasteiger partial charge is 0.438 e. The van der Waals surface area contributed by atoms with Gasteiger partial charge in [0.15, 0.2) is 5.76 Å². The first-order valence-corrected chi connectivity index (χ1v) is 8.63. The summed E-state index contributed by atoms with van der Waals surface area (Å²) in [5.74, 6) is 1.22. The molecule has 0 aliphatic carbocycles. The van der Waals surface area contributed by atoms with E-state index < -0.39 is 0 Å². The van der Waals surface area contributed by atoms with Crippen LogP contribution in [-0.2, 0) is 16.1 Å². The van der Waals surface area contributed by atoms with E-state index in [9.17, 15) is 4.79 Å². The van der Waals surface area contributed by atoms with Crippen LogP contribution in [0.4, 0.5) is 0 Å². The number of fused-ring (bicyclic) bond motifs is 2. The summed E-state index contributed by atoms with van der Waals surface area (Å²) in [6.45, 7) is 2.18. The van der Waals surface area contributed by atoms with E-state index in [1.807, 2.05) is 31.2 Å². The highest BCUT2D eigenvalue weighted by atomic mass is 35.5. The number of hydrogen-bond acceptors (Lipinski definition) is 4. The molecule has 4 rings (SSSR count). The molecule has 1 N–H and O–H groups in total. The van der Waals surface area contributed by atoms with Gasteiger partial charge in [0.25, 0.3) is 0 Å². The first-order valence-electron chi connectivity index (χ1n) is 8.25. The van der Waals surface area contributed by atoms with Crippen molar-refractivity contribution in [1.29, 1.82) is 0 Å². The van der Waals surface area contributed by atoms with Crippen molar-refractivity contribution in [3.05, 3.63) is 40.9 Å². The Hall–Kier alpha value is -1.85. The summed E-state index contributed by atoms with van der Waals surface area (Å²) >= 11 is 5.91. The number of carbonyl (C=O) groups excluding carboxylic acids is 1. The Bertz CT molecular complexity index is 756. The first kappa shape index (κ1) is 15.7. The van der Waals surface area contributed by atoms with Gasteiger partial charge >= 0.3 is 0 Å². The third kappa shape index (κ3) is 2.94. The van der Waals surface area contributed by atoms with Crippen LogP contribution in [0.25, 0.3) is 11.3 Å². The second-order valence-electron chi connectivity index (χ2n) is 6.46. The van der Waals surface area contributed by atoms with E-state index in [-0.39, 0.29) is 24.0 Å². The molecule has 1 amide bonds. The Morgan fingerprint density at radius 3 is 2.79 bits per heavy atom. The monoisotopic (exact) mass is 346 g/mol. The Kier molecular flexibility index (Phi) is 4.06. The second-order valence-corrected chi connectivity index (χ2v) is 6.90. The van der Waals surface area contributed by atoms with E-state index >= 15 is 0 Å². The summed E-state index contributed by atoms with van der Waals surface area (Å²) < 4.78 is 11.6. The van der Waals surface area contributed by atoms with Gasteiger partial charge in [-0.1, -0.05) is 11.6 Å². The lowest BCUT2D eigenvalue weighted by Crippen LogP contribution is -2.35. The molecule has 126 valence electrons. The average Bonchev–Trinajstić information content (AvgIpc) is 3.29. The van der Waals surface area contributed by atoms with Crippen LogP contribution in [0.2, 0.25) is 5.02 Å². The van der Waals surface area contributed by atoms with Crippen molar-refractivity contribution in [2.24, 2.45) is 5.92 Å². The SMILES string of the molecule is Cc1nc(CNC(=O)[C@H]2C[C@H]3CC[C@H]2O3)oc1-c1ccc(Cl)cc1. The van der Waals surface area contributed by atoms with Crippen LogP contribution >= 0.6 is 11.6 Å². The molecule has 1 aromatic heterocycles. The molecule has 6 heteroatoms. The van der Waals surface area contributed by atoms with E-state index in [2.05, 4.69) is 10.3 Å². The quantitative estimate of drug-likeness (QED) is 0.920. The standard InChI is InChI=1S/C18H19ClN2O3/c1-10-17(11-2-4-12(19)5-3-11)24-16(21-10)9-20-18(22)14-8-13-6-7-15(14)23-13/h2-5,13-15H,6-9H2,1H3,(H,20,22)/t13-,14+,15-/m1/s1. The van der Waals surface area contributed by atoms with Crippen molar-refractivity contribution in [2.45, 2.75) is 44.9 Å². The zero-order chi connectivity index (χ0) is 16.7. The first-order chi connectivity index (χ1) is 11.6. The summed E-state index contributed by atoms with van der Waals surface area (Å²) in [5, 5.41) is 3.61. The summed E-state index contributed by atoms with van der Waals surface area (Å²) in [6, 6.07) is 7.42. The van der Waals surface area contributed by atoms with Crippen LogP contribution in [0.1, 0.15) is 30.8 Å². The number of ether oxygens (including phenoxy) is 1. The number of nitrogens with one attached hydrogen (secondary N) is 1. The maximum Gasteiger partial charge on any atom is 0.226 e. The van der Waals surface area contributed by atoms with Gasteiger partial charge in [0, 0.05) is 10.6 Å². The molecule has 5 nitrogen and oxygen atoms in total. The predicted octanol–water partition coefficient (Wildman–Crippen LogP) is 3.49. The van der Waals surface area contributed by atoms with Gasteiger partial charge in [-0.05, 0) is 50.5 Å². The van der Waals surface area contributed by atoms with Gasteiger partial charge in [-0.3, -0.25) is 4.79 Å². The molecule has 3 atom stereocenters. The molecule has 2 aliphatic heterocycles. The van der Waals surface area contributed by atoms with E-state index in [1.54, 1.807) is 0 Å². The summed E-state index contributed by atoms with van der Waals surface area (Å²) in [6.07, 6.45) is 3.26. The molecule has 0 spiro atoms. The van der Waals surface area contributed by atoms with Gasteiger partial charge in [0.05, 0.1) is 30.4 Å². The highest BCUT2D eigenvalue weighted by Crippen LogP contribution is 2.38. The molecule has 0 saturated carbocycles. The molecule has 2 fully saturated rings. The zero-order valence-corrected chi connectivity index (χ0v) is 14.2. The van der Waals surface area contributed by atoms with Crippen molar-refractivity contribution in [2.75, 3.05) is 0 Å². The lowest BCUT2D eigenvalue weighted by molar-refractivity contribution is -0.126. The van der Waals surface area contributed by atoms with Gasteiger partial charge in [-0.2, -0.15) is 0 Å². The van der Waals surface area contributed by atoms with Crippen LogP contribution in [0.15, 0.2) is 28.7 Å². The number of aryl methyl sites for hydroxylation is 1. The topological polar surface area (TPSA) is 64.4 Å². The minimum Gasteiger partial charge on any atom is -0.438 e. The van der Waals surface area contributed by atoms with E-state index in [1.165, 1.54) is 0 Å². The number of amides is 1. The normalized spacial score (nSPS) is 25.2. The van der Waals surface area contributed by atoms with Crippen molar-refractivity contribution < 1.29 is 13.9 Å². The predicted molar refractivity (Wildman–Crippen MR) is 89.5 cm³/mol. The van der Waals surface area contributed by atoms with Gasteiger partial charge in [0.1, 0.15) is 0 Å². The van der Waals surface area contributed by atoms with Crippen molar-refractivity contribution >= 4 is 17.5 Å². The lowest BCUT2D eigenvalue weighted by Gasteiger charge is -2.17. The number of hydrogen-bond donors (Lipinski definition) is 1. The number of oxazole rings is 1. The Labute approximate surface area is 145 Å². The van der Waals surface area contributed by atoms with Crippen LogP contribution in [0.3, 0.4) is 0 Å². The van der Waals surface area contributed by atoms with Gasteiger partial charge in [-0.15, -0.1) is 0 Å². The molecule has 24 heavy (non-hydrogen) atoms. The summed E-state index contributed by atoms with van der Waals surface area (Å²) in [4.78, 5) is 16.7. The van der Waals surface area contributed by atoms with Crippen LogP contribution in [0.5, 0.6) is 0 Å². The summed E-state index contributed by atoms with van der Waals surface area (Å²) in [5.41, 5.74) is 1.72. The third-order valence-electron chi connectivity index (χ3n) is 4.80. The molecule has 1 aromatic carbocycles. The van der Waals surface area contributed by atoms with Crippen molar-refractivity contribution in [3.8, 4) is 11.3 Å². The Morgan fingerprint density at radius 1 is 1.33 bits per heavy atom. The Morgan fingerprint density at radius 2 is 2.12 bits per heavy atom. The minimum atomic E-state index is -0.0319. The van der Waals surface area contributed by atoms with E-state index in [0.29, 0.717) is 23.2 Å².